The van der Waals surface area contributed by atoms with Crippen molar-refractivity contribution < 1.29 is 18.0 Å². The fraction of sp³-hybridized carbons (Fsp3) is 0.800. The van der Waals surface area contributed by atoms with E-state index in [9.17, 15) is 18.0 Å². The first-order valence-electron chi connectivity index (χ1n) is 5.86. The Bertz CT molecular complexity index is 421. The summed E-state index contributed by atoms with van der Waals surface area (Å²) in [6, 6.07) is -0.481. The summed E-state index contributed by atoms with van der Waals surface area (Å²) in [5.74, 6) is -0.584. The van der Waals surface area contributed by atoms with E-state index >= 15 is 0 Å². The van der Waals surface area contributed by atoms with E-state index in [2.05, 4.69) is 10.6 Å². The lowest BCUT2D eigenvalue weighted by Gasteiger charge is -2.18. The molecule has 1 atom stereocenters. The van der Waals surface area contributed by atoms with Crippen molar-refractivity contribution in [2.24, 2.45) is 0 Å². The molecule has 0 aromatic rings. The van der Waals surface area contributed by atoms with Gasteiger partial charge in [-0.05, 0) is 13.0 Å². The Hall–Kier alpha value is -0.990. The van der Waals surface area contributed by atoms with Crippen molar-refractivity contribution in [1.82, 2.24) is 14.9 Å². The van der Waals surface area contributed by atoms with Crippen molar-refractivity contribution in [2.45, 2.75) is 25.8 Å². The number of nitrogens with one attached hydrogen (secondary N) is 2. The average molecular weight is 277 g/mol. The molecule has 0 bridgehead atoms. The predicted molar refractivity (Wildman–Crippen MR) is 66.3 cm³/mol. The van der Waals surface area contributed by atoms with Crippen molar-refractivity contribution in [1.29, 1.82) is 0 Å². The lowest BCUT2D eigenvalue weighted by Crippen LogP contribution is -2.38. The van der Waals surface area contributed by atoms with E-state index in [1.165, 1.54) is 10.6 Å². The molecule has 0 spiro atoms. The van der Waals surface area contributed by atoms with Crippen molar-refractivity contribution >= 4 is 21.8 Å². The van der Waals surface area contributed by atoms with Gasteiger partial charge in [-0.2, -0.15) is 0 Å². The van der Waals surface area contributed by atoms with Gasteiger partial charge in [-0.3, -0.25) is 14.9 Å². The number of nitrogens with zero attached hydrogens (tertiary/aromatic N) is 1. The van der Waals surface area contributed by atoms with Crippen LogP contribution in [0.5, 0.6) is 0 Å². The van der Waals surface area contributed by atoms with Gasteiger partial charge in [-0.25, -0.2) is 12.7 Å². The molecule has 0 radical (unpaired) electrons. The van der Waals surface area contributed by atoms with Crippen molar-refractivity contribution in [3.05, 3.63) is 0 Å². The fourth-order valence-electron chi connectivity index (χ4n) is 1.81. The van der Waals surface area contributed by atoms with Crippen LogP contribution < -0.4 is 10.6 Å². The maximum absolute atomic E-state index is 11.3. The first-order valence-corrected chi connectivity index (χ1v) is 7.71. The molecule has 2 N–H and O–H groups in total. The molecule has 1 rings (SSSR count). The minimum Gasteiger partial charge on any atom is -0.305 e. The van der Waals surface area contributed by atoms with Crippen LogP contribution in [0.1, 0.15) is 19.8 Å². The first-order chi connectivity index (χ1) is 8.34. The molecule has 1 unspecified atom stereocenters. The molecule has 1 fully saturated rings. The summed E-state index contributed by atoms with van der Waals surface area (Å²) in [7, 11) is -3.16. The molecule has 1 saturated heterocycles. The third kappa shape index (κ3) is 4.35. The number of carbonyl (C=O) groups excluding carboxylic acids is 2. The van der Waals surface area contributed by atoms with E-state index in [4.69, 9.17) is 0 Å². The Labute approximate surface area is 107 Å². The highest BCUT2D eigenvalue weighted by atomic mass is 32.2. The van der Waals surface area contributed by atoms with Gasteiger partial charge < -0.3 is 5.32 Å². The Kier molecular flexibility index (Phi) is 5.24. The number of hydrogen-bond donors (Lipinski definition) is 2. The van der Waals surface area contributed by atoms with Crippen LogP contribution in [0.4, 0.5) is 0 Å². The monoisotopic (exact) mass is 277 g/mol. The maximum atomic E-state index is 11.3. The molecule has 104 valence electrons. The average Bonchev–Trinajstić information content (AvgIpc) is 2.55. The Morgan fingerprint density at radius 2 is 2.11 bits per heavy atom. The van der Waals surface area contributed by atoms with Crippen LogP contribution in [0.25, 0.3) is 0 Å². The lowest BCUT2D eigenvalue weighted by atomic mass is 10.2. The fourth-order valence-corrected chi connectivity index (χ4v) is 2.74. The Balaban J connectivity index is 2.26. The highest BCUT2D eigenvalue weighted by Crippen LogP contribution is 2.02. The highest BCUT2D eigenvalue weighted by Gasteiger charge is 2.29. The summed E-state index contributed by atoms with van der Waals surface area (Å²) < 4.78 is 24.0. The van der Waals surface area contributed by atoms with Gasteiger partial charge in [0.15, 0.2) is 0 Å². The number of imide groups is 1. The summed E-state index contributed by atoms with van der Waals surface area (Å²) in [6.45, 7) is 3.11. The van der Waals surface area contributed by atoms with Gasteiger partial charge >= 0.3 is 0 Å². The van der Waals surface area contributed by atoms with E-state index in [1.807, 2.05) is 0 Å². The summed E-state index contributed by atoms with van der Waals surface area (Å²) in [5.41, 5.74) is 0. The van der Waals surface area contributed by atoms with Gasteiger partial charge in [-0.15, -0.1) is 0 Å². The number of hydrogen-bond acceptors (Lipinski definition) is 5. The zero-order valence-electron chi connectivity index (χ0n) is 10.6. The summed E-state index contributed by atoms with van der Waals surface area (Å²) in [6.07, 6.45) is 1.92. The van der Waals surface area contributed by atoms with E-state index in [1.54, 1.807) is 6.92 Å². The van der Waals surface area contributed by atoms with Gasteiger partial charge in [-0.1, -0.05) is 6.92 Å². The molecule has 8 heteroatoms. The standard InChI is InChI=1S/C10H19N3O4S/c1-3-13(18(2,16)17)6-4-5-11-8-7-9(14)12-10(8)15/h8,11H,3-7H2,1-2H3,(H,12,14,15). The number of amides is 2. The molecular formula is C10H19N3O4S. The third-order valence-electron chi connectivity index (χ3n) is 2.77. The van der Waals surface area contributed by atoms with Gasteiger partial charge in [0.25, 0.3) is 0 Å². The smallest absolute Gasteiger partial charge is 0.244 e. The normalized spacial score (nSPS) is 20.5. The van der Waals surface area contributed by atoms with Crippen LogP contribution in [0.2, 0.25) is 0 Å². The van der Waals surface area contributed by atoms with Crippen LogP contribution in [0.3, 0.4) is 0 Å². The SMILES string of the molecule is CCN(CCCNC1CC(=O)NC1=O)S(C)(=O)=O. The molecule has 1 aliphatic rings. The molecule has 0 aromatic heterocycles. The third-order valence-corrected chi connectivity index (χ3v) is 4.14. The van der Waals surface area contributed by atoms with Crippen molar-refractivity contribution in [3.8, 4) is 0 Å². The Morgan fingerprint density at radius 3 is 2.56 bits per heavy atom. The topological polar surface area (TPSA) is 95.6 Å². The molecule has 0 aromatic carbocycles. The van der Waals surface area contributed by atoms with Crippen molar-refractivity contribution in [3.63, 3.8) is 0 Å². The molecule has 1 heterocycles. The second-order valence-corrected chi connectivity index (χ2v) is 6.21. The summed E-state index contributed by atoms with van der Waals surface area (Å²) >= 11 is 0. The largest absolute Gasteiger partial charge is 0.305 e. The molecule has 2 amide bonds. The molecule has 7 nitrogen and oxygen atoms in total. The molecule has 1 aliphatic heterocycles. The van der Waals surface area contributed by atoms with E-state index in [-0.39, 0.29) is 18.2 Å². The van der Waals surface area contributed by atoms with E-state index in [0.717, 1.165) is 0 Å². The maximum Gasteiger partial charge on any atom is 0.244 e. The van der Waals surface area contributed by atoms with Crippen LogP contribution in [0.15, 0.2) is 0 Å². The predicted octanol–water partition coefficient (Wildman–Crippen LogP) is -1.34. The summed E-state index contributed by atoms with van der Waals surface area (Å²) in [5, 5.41) is 5.14. The van der Waals surface area contributed by atoms with Crippen LogP contribution in [0, 0.1) is 0 Å². The Morgan fingerprint density at radius 1 is 1.44 bits per heavy atom. The zero-order valence-corrected chi connectivity index (χ0v) is 11.4. The molecule has 0 aliphatic carbocycles. The van der Waals surface area contributed by atoms with E-state index < -0.39 is 16.1 Å². The number of rotatable bonds is 7. The molecule has 18 heavy (non-hydrogen) atoms. The van der Waals surface area contributed by atoms with E-state index in [0.29, 0.717) is 26.1 Å². The first kappa shape index (κ1) is 15.1. The minimum atomic E-state index is -3.16. The number of carbonyl (C=O) groups is 2. The van der Waals surface area contributed by atoms with Gasteiger partial charge in [0.1, 0.15) is 0 Å². The van der Waals surface area contributed by atoms with Crippen LogP contribution >= 0.6 is 0 Å². The minimum absolute atomic E-state index is 0.155. The quantitative estimate of drug-likeness (QED) is 0.444. The van der Waals surface area contributed by atoms with Crippen LogP contribution in [-0.4, -0.2) is 56.5 Å². The second-order valence-electron chi connectivity index (χ2n) is 4.23. The number of sulfonamides is 1. The van der Waals surface area contributed by atoms with Gasteiger partial charge in [0, 0.05) is 13.1 Å². The molecule has 0 saturated carbocycles. The van der Waals surface area contributed by atoms with Gasteiger partial charge in [0.05, 0.1) is 18.7 Å². The van der Waals surface area contributed by atoms with Crippen LogP contribution in [-0.2, 0) is 19.6 Å². The highest BCUT2D eigenvalue weighted by molar-refractivity contribution is 7.88. The second kappa shape index (κ2) is 6.26. The molecular weight excluding hydrogens is 258 g/mol. The lowest BCUT2D eigenvalue weighted by molar-refractivity contribution is -0.125. The van der Waals surface area contributed by atoms with Crippen molar-refractivity contribution in [2.75, 3.05) is 25.9 Å². The summed E-state index contributed by atoms with van der Waals surface area (Å²) in [4.78, 5) is 22.2. The van der Waals surface area contributed by atoms with Gasteiger partial charge in [0.2, 0.25) is 21.8 Å². The zero-order chi connectivity index (χ0) is 13.8.